The second-order valence-corrected chi connectivity index (χ2v) is 5.10. The molecule has 7 nitrogen and oxygen atoms in total. The number of nitrogens with two attached hydrogens (primary N) is 1. The van der Waals surface area contributed by atoms with Crippen LogP contribution >= 0.6 is 23.2 Å². The smallest absolute Gasteiger partial charge is 0.263 e. The highest BCUT2D eigenvalue weighted by atomic mass is 35.5. The van der Waals surface area contributed by atoms with Gasteiger partial charge < -0.3 is 10.3 Å². The first-order chi connectivity index (χ1) is 10.6. The Morgan fingerprint density at radius 1 is 1.27 bits per heavy atom. The molecule has 2 heterocycles. The Labute approximate surface area is 135 Å². The number of hydrogen-bond acceptors (Lipinski definition) is 6. The minimum absolute atomic E-state index is 0.306. The number of hydrogen-bond donors (Lipinski definition) is 2. The average molecular weight is 337 g/mol. The zero-order valence-electron chi connectivity index (χ0n) is 11.1. The topological polar surface area (TPSA) is 94.3 Å². The number of halogens is 2. The van der Waals surface area contributed by atoms with Crippen molar-refractivity contribution in [1.29, 1.82) is 0 Å². The van der Waals surface area contributed by atoms with E-state index in [1.165, 1.54) is 17.2 Å². The molecule has 0 radical (unpaired) electrons. The highest BCUT2D eigenvalue weighted by Crippen LogP contribution is 2.31. The van der Waals surface area contributed by atoms with Gasteiger partial charge in [-0.15, -0.1) is 10.2 Å². The Hall–Kier alpha value is -2.51. The molecule has 3 rings (SSSR count). The Kier molecular flexibility index (Phi) is 3.99. The first kappa shape index (κ1) is 14.4. The fraction of sp³-hybridized carbons (Fsp3) is 0. The fourth-order valence-electron chi connectivity index (χ4n) is 1.73. The van der Waals surface area contributed by atoms with E-state index >= 15 is 0 Å². The lowest BCUT2D eigenvalue weighted by Gasteiger charge is -2.01. The summed E-state index contributed by atoms with van der Waals surface area (Å²) in [7, 11) is 0. The van der Waals surface area contributed by atoms with Gasteiger partial charge in [0, 0.05) is 10.6 Å². The summed E-state index contributed by atoms with van der Waals surface area (Å²) in [5.74, 6) is 6.96. The number of anilines is 1. The molecule has 2 aromatic heterocycles. The van der Waals surface area contributed by atoms with Crippen LogP contribution in [0.4, 0.5) is 5.95 Å². The van der Waals surface area contributed by atoms with E-state index in [-0.39, 0.29) is 0 Å². The summed E-state index contributed by atoms with van der Waals surface area (Å²) in [6.07, 6.45) is 2.83. The van der Waals surface area contributed by atoms with Crippen molar-refractivity contribution in [3.63, 3.8) is 0 Å². The quantitative estimate of drug-likeness (QED) is 0.434. The van der Waals surface area contributed by atoms with E-state index in [9.17, 15) is 0 Å². The molecule has 22 heavy (non-hydrogen) atoms. The molecule has 0 amide bonds. The molecular formula is C13H10Cl2N6O. The van der Waals surface area contributed by atoms with Gasteiger partial charge in [0.15, 0.2) is 0 Å². The highest BCUT2D eigenvalue weighted by Gasteiger charge is 2.08. The van der Waals surface area contributed by atoms with Crippen LogP contribution in [0.1, 0.15) is 5.76 Å². The van der Waals surface area contributed by atoms with Crippen molar-refractivity contribution in [2.45, 2.75) is 0 Å². The van der Waals surface area contributed by atoms with Gasteiger partial charge in [0.25, 0.3) is 5.95 Å². The van der Waals surface area contributed by atoms with Gasteiger partial charge in [0.1, 0.15) is 17.8 Å². The summed E-state index contributed by atoms with van der Waals surface area (Å²) in [5, 5.41) is 12.4. The van der Waals surface area contributed by atoms with E-state index in [4.69, 9.17) is 33.5 Å². The van der Waals surface area contributed by atoms with E-state index in [1.54, 1.807) is 30.3 Å². The first-order valence-corrected chi connectivity index (χ1v) is 6.88. The van der Waals surface area contributed by atoms with Crippen LogP contribution in [0, 0.1) is 0 Å². The summed E-state index contributed by atoms with van der Waals surface area (Å²) in [5.41, 5.74) is 3.35. The van der Waals surface area contributed by atoms with Crippen molar-refractivity contribution in [1.82, 2.24) is 14.9 Å². The van der Waals surface area contributed by atoms with Crippen molar-refractivity contribution < 1.29 is 4.42 Å². The third-order valence-corrected chi connectivity index (χ3v) is 3.31. The SMILES string of the molecule is Nn1cnnc1NN=Cc1ccc(-c2cc(Cl)ccc2Cl)o1. The van der Waals surface area contributed by atoms with Crippen LogP contribution in [-0.2, 0) is 0 Å². The largest absolute Gasteiger partial charge is 0.455 e. The second-order valence-electron chi connectivity index (χ2n) is 4.26. The first-order valence-electron chi connectivity index (χ1n) is 6.13. The molecule has 0 saturated carbocycles. The lowest BCUT2D eigenvalue weighted by atomic mass is 10.2. The number of aromatic nitrogens is 3. The van der Waals surface area contributed by atoms with Crippen LogP contribution in [0.15, 0.2) is 46.2 Å². The fourth-order valence-corrected chi connectivity index (χ4v) is 2.11. The van der Waals surface area contributed by atoms with Gasteiger partial charge in [-0.1, -0.05) is 23.2 Å². The van der Waals surface area contributed by atoms with Gasteiger partial charge in [-0.25, -0.2) is 10.1 Å². The molecule has 0 spiro atoms. The van der Waals surface area contributed by atoms with Gasteiger partial charge in [-0.3, -0.25) is 0 Å². The van der Waals surface area contributed by atoms with Gasteiger partial charge in [0.05, 0.1) is 11.2 Å². The van der Waals surface area contributed by atoms with E-state index in [0.29, 0.717) is 33.1 Å². The molecular weight excluding hydrogens is 327 g/mol. The number of hydrazone groups is 1. The number of rotatable bonds is 4. The lowest BCUT2D eigenvalue weighted by Crippen LogP contribution is -2.10. The summed E-state index contributed by atoms with van der Waals surface area (Å²) in [6.45, 7) is 0. The summed E-state index contributed by atoms with van der Waals surface area (Å²) in [6, 6.07) is 8.70. The molecule has 112 valence electrons. The van der Waals surface area contributed by atoms with E-state index in [2.05, 4.69) is 20.7 Å². The number of nitrogens with one attached hydrogen (secondary N) is 1. The van der Waals surface area contributed by atoms with Crippen molar-refractivity contribution in [3.05, 3.63) is 52.5 Å². The molecule has 0 bridgehead atoms. The number of benzene rings is 1. The lowest BCUT2D eigenvalue weighted by molar-refractivity contribution is 0.575. The van der Waals surface area contributed by atoms with Crippen molar-refractivity contribution in [2.75, 3.05) is 11.3 Å². The predicted molar refractivity (Wildman–Crippen MR) is 85.6 cm³/mol. The minimum atomic E-state index is 0.306. The second kappa shape index (κ2) is 6.08. The third kappa shape index (κ3) is 3.05. The van der Waals surface area contributed by atoms with E-state index in [0.717, 1.165) is 0 Å². The maximum Gasteiger partial charge on any atom is 0.263 e. The maximum absolute atomic E-state index is 6.13. The van der Waals surface area contributed by atoms with E-state index in [1.807, 2.05) is 0 Å². The zero-order chi connectivity index (χ0) is 15.5. The molecule has 0 aliphatic carbocycles. The van der Waals surface area contributed by atoms with Gasteiger partial charge in [-0.2, -0.15) is 5.10 Å². The van der Waals surface area contributed by atoms with Crippen molar-refractivity contribution >= 4 is 35.4 Å². The molecule has 1 aromatic carbocycles. The molecule has 0 aliphatic heterocycles. The van der Waals surface area contributed by atoms with Crippen LogP contribution in [0.25, 0.3) is 11.3 Å². The van der Waals surface area contributed by atoms with Crippen LogP contribution in [-0.4, -0.2) is 21.1 Å². The monoisotopic (exact) mass is 336 g/mol. The standard InChI is InChI=1S/C13H10Cl2N6O/c14-8-1-3-11(15)10(5-8)12-4-2-9(22-12)6-17-19-13-20-18-7-21(13)16/h1-7H,16H2,(H,19,20). The highest BCUT2D eigenvalue weighted by molar-refractivity contribution is 6.35. The summed E-state index contributed by atoms with van der Waals surface area (Å²) in [4.78, 5) is 0. The van der Waals surface area contributed by atoms with Crippen LogP contribution < -0.4 is 11.3 Å². The molecule has 3 aromatic rings. The summed E-state index contributed by atoms with van der Waals surface area (Å²) >= 11 is 12.1. The predicted octanol–water partition coefficient (Wildman–Crippen LogP) is 3.00. The number of furan rings is 1. The molecule has 3 N–H and O–H groups in total. The van der Waals surface area contributed by atoms with Crippen molar-refractivity contribution in [2.24, 2.45) is 5.10 Å². The van der Waals surface area contributed by atoms with E-state index < -0.39 is 0 Å². The van der Waals surface area contributed by atoms with Gasteiger partial charge in [-0.05, 0) is 30.3 Å². The molecule has 0 fully saturated rings. The average Bonchev–Trinajstić information content (AvgIpc) is 3.12. The minimum Gasteiger partial charge on any atom is -0.455 e. The van der Waals surface area contributed by atoms with Crippen LogP contribution in [0.5, 0.6) is 0 Å². The zero-order valence-corrected chi connectivity index (χ0v) is 12.6. The van der Waals surface area contributed by atoms with Gasteiger partial charge in [0.2, 0.25) is 0 Å². The third-order valence-electron chi connectivity index (χ3n) is 2.75. The Bertz CT molecular complexity index is 826. The normalized spacial score (nSPS) is 11.2. The number of nitrogens with zero attached hydrogens (tertiary/aromatic N) is 4. The molecule has 0 aliphatic rings. The molecule has 9 heteroatoms. The van der Waals surface area contributed by atoms with Gasteiger partial charge >= 0.3 is 0 Å². The van der Waals surface area contributed by atoms with Crippen LogP contribution in [0.2, 0.25) is 10.0 Å². The van der Waals surface area contributed by atoms with Crippen LogP contribution in [0.3, 0.4) is 0 Å². The number of nitrogen functional groups attached to an aromatic ring is 1. The Morgan fingerprint density at radius 3 is 2.91 bits per heavy atom. The maximum atomic E-state index is 6.13. The molecule has 0 atom stereocenters. The Morgan fingerprint density at radius 2 is 2.14 bits per heavy atom. The summed E-state index contributed by atoms with van der Waals surface area (Å²) < 4.78 is 6.85. The van der Waals surface area contributed by atoms with Crippen molar-refractivity contribution in [3.8, 4) is 11.3 Å². The Balaban J connectivity index is 1.76. The molecule has 0 unspecified atom stereocenters. The molecule has 0 saturated heterocycles.